The van der Waals surface area contributed by atoms with Gasteiger partial charge in [-0.05, 0) is 110 Å². The second kappa shape index (κ2) is 7.30. The van der Waals surface area contributed by atoms with E-state index in [4.69, 9.17) is 0 Å². The molecule has 0 nitrogen and oxygen atoms in total. The lowest BCUT2D eigenvalue weighted by atomic mass is 9.69. The summed E-state index contributed by atoms with van der Waals surface area (Å²) in [6.45, 7) is 0. The molecule has 1 heteroatoms. The molecule has 0 bridgehead atoms. The van der Waals surface area contributed by atoms with Gasteiger partial charge in [-0.2, -0.15) is 0 Å². The van der Waals surface area contributed by atoms with Gasteiger partial charge in [0, 0.05) is 3.57 Å². The van der Waals surface area contributed by atoms with Crippen LogP contribution in [0.1, 0.15) is 46.2 Å². The normalized spacial score (nSPS) is 19.4. The monoisotopic (exact) mass is 534 g/mol. The summed E-state index contributed by atoms with van der Waals surface area (Å²) < 4.78 is 1.29. The van der Waals surface area contributed by atoms with Gasteiger partial charge >= 0.3 is 0 Å². The van der Waals surface area contributed by atoms with Crippen LogP contribution in [0.3, 0.4) is 0 Å². The molecule has 4 aromatic rings. The van der Waals surface area contributed by atoms with Crippen molar-refractivity contribution in [3.05, 3.63) is 146 Å². The molecular weight excluding hydrogens is 511 g/mol. The molecule has 3 aliphatic rings. The Kier molecular flexibility index (Phi) is 4.32. The molecule has 0 aliphatic heterocycles. The first kappa shape index (κ1) is 19.5. The second-order valence-electron chi connectivity index (χ2n) is 9.32. The first-order valence-corrected chi connectivity index (χ1v) is 12.8. The molecule has 7 rings (SSSR count). The Hall–Kier alpha value is -2.91. The van der Waals surface area contributed by atoms with E-state index < -0.39 is 0 Å². The van der Waals surface area contributed by atoms with Gasteiger partial charge in [-0.1, -0.05) is 91.0 Å². The molecule has 0 saturated heterocycles. The molecule has 0 aromatic heterocycles. The maximum atomic E-state index is 2.47. The molecule has 4 aromatic carbocycles. The van der Waals surface area contributed by atoms with Crippen LogP contribution in [0.2, 0.25) is 0 Å². The summed E-state index contributed by atoms with van der Waals surface area (Å²) in [4.78, 5) is 0. The van der Waals surface area contributed by atoms with E-state index in [9.17, 15) is 0 Å². The average molecular weight is 534 g/mol. The first-order chi connectivity index (χ1) is 16.3. The third kappa shape index (κ3) is 2.63. The fraction of sp³-hybridized carbons (Fsp3) is 0.125. The van der Waals surface area contributed by atoms with Crippen molar-refractivity contribution in [3.63, 3.8) is 0 Å². The minimum Gasteiger partial charge on any atom is -0.0839 e. The average Bonchev–Trinajstić information content (AvgIpc) is 3.32. The smallest absolute Gasteiger partial charge is 0.0722 e. The fourth-order valence-corrected chi connectivity index (χ4v) is 6.97. The van der Waals surface area contributed by atoms with E-state index in [2.05, 4.69) is 126 Å². The van der Waals surface area contributed by atoms with Crippen LogP contribution in [-0.4, -0.2) is 0 Å². The Morgan fingerprint density at radius 3 is 2.42 bits per heavy atom. The van der Waals surface area contributed by atoms with Gasteiger partial charge in [-0.15, -0.1) is 0 Å². The standard InChI is InChI=1S/C32H23I/c33-23-17-18-29-26(20-23)31-22(19-21-9-2-1-3-10-21)11-8-16-30(31)32(29)27-14-6-4-12-24(27)25-13-5-7-15-28(25)32/h1-4,6-12,14-18,20H,5,13,19H2. The topological polar surface area (TPSA) is 0 Å². The molecule has 1 spiro atoms. The van der Waals surface area contributed by atoms with Crippen molar-refractivity contribution in [1.82, 2.24) is 0 Å². The van der Waals surface area contributed by atoms with Gasteiger partial charge in [0.05, 0.1) is 5.41 Å². The van der Waals surface area contributed by atoms with Crippen molar-refractivity contribution in [2.45, 2.75) is 24.7 Å². The highest BCUT2D eigenvalue weighted by atomic mass is 127. The van der Waals surface area contributed by atoms with Gasteiger partial charge in [0.15, 0.2) is 0 Å². The summed E-state index contributed by atoms with van der Waals surface area (Å²) in [7, 11) is 0. The van der Waals surface area contributed by atoms with Crippen LogP contribution in [0.5, 0.6) is 0 Å². The van der Waals surface area contributed by atoms with Gasteiger partial charge in [0.25, 0.3) is 0 Å². The van der Waals surface area contributed by atoms with E-state index in [0.29, 0.717) is 0 Å². The molecule has 0 N–H and O–H groups in total. The predicted octanol–water partition coefficient (Wildman–Crippen LogP) is 8.31. The fourth-order valence-electron chi connectivity index (χ4n) is 6.48. The Balaban J connectivity index is 1.58. The minimum atomic E-state index is -0.204. The number of halogens is 1. The van der Waals surface area contributed by atoms with E-state index in [-0.39, 0.29) is 5.41 Å². The maximum Gasteiger partial charge on any atom is 0.0722 e. The van der Waals surface area contributed by atoms with Crippen molar-refractivity contribution in [1.29, 1.82) is 0 Å². The second-order valence-corrected chi connectivity index (χ2v) is 10.6. The number of hydrogen-bond donors (Lipinski definition) is 0. The van der Waals surface area contributed by atoms with Crippen molar-refractivity contribution in [3.8, 4) is 11.1 Å². The molecule has 0 radical (unpaired) electrons. The molecule has 1 atom stereocenters. The van der Waals surface area contributed by atoms with Crippen LogP contribution >= 0.6 is 22.6 Å². The summed E-state index contributed by atoms with van der Waals surface area (Å²) in [5, 5.41) is 0. The molecule has 0 saturated carbocycles. The van der Waals surface area contributed by atoms with Gasteiger partial charge in [-0.25, -0.2) is 0 Å². The number of hydrogen-bond acceptors (Lipinski definition) is 0. The number of allylic oxidation sites excluding steroid dienone is 4. The predicted molar refractivity (Wildman–Crippen MR) is 145 cm³/mol. The van der Waals surface area contributed by atoms with Crippen LogP contribution in [0.25, 0.3) is 16.7 Å². The summed E-state index contributed by atoms with van der Waals surface area (Å²) in [6.07, 6.45) is 8.02. The lowest BCUT2D eigenvalue weighted by Crippen LogP contribution is -2.27. The Labute approximate surface area is 208 Å². The lowest BCUT2D eigenvalue weighted by Gasteiger charge is -2.32. The Bertz CT molecular complexity index is 1490. The van der Waals surface area contributed by atoms with E-state index in [1.807, 2.05) is 0 Å². The first-order valence-electron chi connectivity index (χ1n) is 11.7. The van der Waals surface area contributed by atoms with Crippen molar-refractivity contribution >= 4 is 28.2 Å². The van der Waals surface area contributed by atoms with Crippen LogP contribution in [0.4, 0.5) is 0 Å². The summed E-state index contributed by atoms with van der Waals surface area (Å²) >= 11 is 2.47. The third-order valence-corrected chi connectivity index (χ3v) is 8.35. The SMILES string of the molecule is Ic1ccc2c(c1)-c1c(Cc3ccccc3)cccc1C21C2=C(CCC=C2)c2ccccc21. The number of benzene rings is 4. The van der Waals surface area contributed by atoms with Crippen molar-refractivity contribution < 1.29 is 0 Å². The Morgan fingerprint density at radius 1 is 0.727 bits per heavy atom. The third-order valence-electron chi connectivity index (χ3n) is 7.68. The van der Waals surface area contributed by atoms with Crippen molar-refractivity contribution in [2.24, 2.45) is 0 Å². The summed E-state index contributed by atoms with van der Waals surface area (Å²) in [5.74, 6) is 0. The van der Waals surface area contributed by atoms with E-state index in [1.54, 1.807) is 5.57 Å². The molecule has 1 unspecified atom stereocenters. The van der Waals surface area contributed by atoms with Gasteiger partial charge < -0.3 is 0 Å². The number of rotatable bonds is 2. The largest absolute Gasteiger partial charge is 0.0839 e. The molecule has 158 valence electrons. The Morgan fingerprint density at radius 2 is 1.52 bits per heavy atom. The van der Waals surface area contributed by atoms with Gasteiger partial charge in [0.2, 0.25) is 0 Å². The molecule has 0 fully saturated rings. The van der Waals surface area contributed by atoms with E-state index in [0.717, 1.165) is 19.3 Å². The van der Waals surface area contributed by atoms with E-state index in [1.165, 1.54) is 53.7 Å². The highest BCUT2D eigenvalue weighted by Crippen LogP contribution is 2.63. The zero-order valence-corrected chi connectivity index (χ0v) is 20.5. The lowest BCUT2D eigenvalue weighted by molar-refractivity contribution is 0.779. The van der Waals surface area contributed by atoms with Gasteiger partial charge in [0.1, 0.15) is 0 Å². The minimum absolute atomic E-state index is 0.204. The number of fused-ring (bicyclic) bond motifs is 9. The van der Waals surface area contributed by atoms with Gasteiger partial charge in [-0.3, -0.25) is 0 Å². The van der Waals surface area contributed by atoms with Crippen LogP contribution < -0.4 is 0 Å². The van der Waals surface area contributed by atoms with Crippen LogP contribution in [0.15, 0.2) is 109 Å². The molecule has 33 heavy (non-hydrogen) atoms. The summed E-state index contributed by atoms with van der Waals surface area (Å²) in [5.41, 5.74) is 14.3. The quantitative estimate of drug-likeness (QED) is 0.227. The molecular formula is C32H23I. The molecule has 3 aliphatic carbocycles. The highest BCUT2D eigenvalue weighted by Gasteiger charge is 2.52. The molecule has 0 heterocycles. The molecule has 0 amide bonds. The van der Waals surface area contributed by atoms with E-state index >= 15 is 0 Å². The van der Waals surface area contributed by atoms with Crippen molar-refractivity contribution in [2.75, 3.05) is 0 Å². The zero-order chi connectivity index (χ0) is 22.0. The van der Waals surface area contributed by atoms with Crippen LogP contribution in [-0.2, 0) is 11.8 Å². The maximum absolute atomic E-state index is 2.47. The highest BCUT2D eigenvalue weighted by molar-refractivity contribution is 14.1. The van der Waals surface area contributed by atoms with Crippen LogP contribution in [0, 0.1) is 3.57 Å². The summed E-state index contributed by atoms with van der Waals surface area (Å²) in [6, 6.07) is 34.1. The zero-order valence-electron chi connectivity index (χ0n) is 18.3.